The number of fused-ring (bicyclic) bond motifs is 1. The minimum atomic E-state index is -0.304. The van der Waals surface area contributed by atoms with Crippen molar-refractivity contribution in [3.05, 3.63) is 66.1 Å². The highest BCUT2D eigenvalue weighted by atomic mass is 16.3. The van der Waals surface area contributed by atoms with Crippen LogP contribution in [0.2, 0.25) is 0 Å². The quantitative estimate of drug-likeness (QED) is 0.544. The lowest BCUT2D eigenvalue weighted by Gasteiger charge is -2.26. The summed E-state index contributed by atoms with van der Waals surface area (Å²) in [5.74, 6) is 0.00449. The molecule has 0 radical (unpaired) electrons. The van der Waals surface area contributed by atoms with Gasteiger partial charge in [-0.05, 0) is 42.7 Å². The number of carbonyl (C=O) groups is 2. The van der Waals surface area contributed by atoms with E-state index >= 15 is 0 Å². The van der Waals surface area contributed by atoms with E-state index in [2.05, 4.69) is 15.6 Å². The molecule has 2 amide bonds. The molecule has 2 heterocycles. The molecule has 3 N–H and O–H groups in total. The average molecular weight is 421 g/mol. The first-order valence-electron chi connectivity index (χ1n) is 10.9. The van der Waals surface area contributed by atoms with Crippen LogP contribution in [0.25, 0.3) is 5.65 Å². The minimum absolute atomic E-state index is 0.0764. The predicted molar refractivity (Wildman–Crippen MR) is 119 cm³/mol. The Balaban J connectivity index is 1.41. The summed E-state index contributed by atoms with van der Waals surface area (Å²) < 4.78 is 1.71. The monoisotopic (exact) mass is 420 g/mol. The summed E-state index contributed by atoms with van der Waals surface area (Å²) in [5.41, 5.74) is 2.07. The SMILES string of the molecule is O=C(NC(CO)CC1CCCCC1)c1cccc(NC(=O)c2cnc3ccccn23)c1. The van der Waals surface area contributed by atoms with Crippen LogP contribution in [0, 0.1) is 5.92 Å². The molecule has 1 fully saturated rings. The molecule has 7 heteroatoms. The van der Waals surface area contributed by atoms with E-state index in [-0.39, 0.29) is 24.5 Å². The Morgan fingerprint density at radius 2 is 1.94 bits per heavy atom. The third-order valence-electron chi connectivity index (χ3n) is 5.93. The fourth-order valence-corrected chi connectivity index (χ4v) is 4.31. The van der Waals surface area contributed by atoms with Crippen LogP contribution in [0.1, 0.15) is 59.4 Å². The molecule has 1 atom stereocenters. The number of aliphatic hydroxyl groups is 1. The fourth-order valence-electron chi connectivity index (χ4n) is 4.31. The third kappa shape index (κ3) is 5.11. The van der Waals surface area contributed by atoms with Crippen molar-refractivity contribution < 1.29 is 14.7 Å². The van der Waals surface area contributed by atoms with Gasteiger partial charge in [0.2, 0.25) is 0 Å². The lowest BCUT2D eigenvalue weighted by atomic mass is 9.85. The van der Waals surface area contributed by atoms with Crippen LogP contribution >= 0.6 is 0 Å². The number of amides is 2. The van der Waals surface area contributed by atoms with Gasteiger partial charge in [0.05, 0.1) is 18.8 Å². The number of hydrogen-bond acceptors (Lipinski definition) is 4. The van der Waals surface area contributed by atoms with Gasteiger partial charge in [0.1, 0.15) is 11.3 Å². The number of pyridine rings is 1. The van der Waals surface area contributed by atoms with Crippen LogP contribution in [-0.4, -0.2) is 39.0 Å². The van der Waals surface area contributed by atoms with E-state index in [9.17, 15) is 14.7 Å². The molecule has 162 valence electrons. The summed E-state index contributed by atoms with van der Waals surface area (Å²) in [6.07, 6.45) is 10.2. The molecule has 1 aliphatic rings. The van der Waals surface area contributed by atoms with Crippen LogP contribution in [-0.2, 0) is 0 Å². The van der Waals surface area contributed by atoms with E-state index in [1.54, 1.807) is 34.9 Å². The molecule has 3 aromatic rings. The first-order chi connectivity index (χ1) is 15.1. The Labute approximate surface area is 181 Å². The molecule has 0 bridgehead atoms. The van der Waals surface area contributed by atoms with Gasteiger partial charge in [-0.1, -0.05) is 44.2 Å². The van der Waals surface area contributed by atoms with E-state index in [1.165, 1.54) is 25.5 Å². The molecule has 1 aromatic carbocycles. The number of carbonyl (C=O) groups excluding carboxylic acids is 2. The molecule has 7 nitrogen and oxygen atoms in total. The number of imidazole rings is 1. The second kappa shape index (κ2) is 9.75. The fraction of sp³-hybridized carbons (Fsp3) is 0.375. The summed E-state index contributed by atoms with van der Waals surface area (Å²) >= 11 is 0. The van der Waals surface area contributed by atoms with Crippen molar-refractivity contribution in [3.63, 3.8) is 0 Å². The van der Waals surface area contributed by atoms with Crippen molar-refractivity contribution >= 4 is 23.1 Å². The van der Waals surface area contributed by atoms with Gasteiger partial charge < -0.3 is 15.7 Å². The normalized spacial score (nSPS) is 15.5. The summed E-state index contributed by atoms with van der Waals surface area (Å²) in [7, 11) is 0. The molecule has 1 saturated carbocycles. The highest BCUT2D eigenvalue weighted by Gasteiger charge is 2.21. The summed E-state index contributed by atoms with van der Waals surface area (Å²) in [6.45, 7) is -0.0764. The van der Waals surface area contributed by atoms with Gasteiger partial charge in [0, 0.05) is 17.4 Å². The van der Waals surface area contributed by atoms with Gasteiger partial charge >= 0.3 is 0 Å². The Morgan fingerprint density at radius 3 is 2.74 bits per heavy atom. The molecular formula is C24H28N4O3. The zero-order chi connectivity index (χ0) is 21.6. The Morgan fingerprint density at radius 1 is 1.10 bits per heavy atom. The number of aliphatic hydroxyl groups excluding tert-OH is 1. The number of anilines is 1. The summed E-state index contributed by atoms with van der Waals surface area (Å²) in [4.78, 5) is 29.7. The highest BCUT2D eigenvalue weighted by molar-refractivity contribution is 6.04. The number of hydrogen-bond donors (Lipinski definition) is 3. The van der Waals surface area contributed by atoms with Crippen molar-refractivity contribution in [3.8, 4) is 0 Å². The molecule has 31 heavy (non-hydrogen) atoms. The smallest absolute Gasteiger partial charge is 0.274 e. The Hall–Kier alpha value is -3.19. The van der Waals surface area contributed by atoms with E-state index in [1.807, 2.05) is 18.2 Å². The van der Waals surface area contributed by atoms with Crippen molar-refractivity contribution in [1.82, 2.24) is 14.7 Å². The predicted octanol–water partition coefficient (Wildman–Crippen LogP) is 3.65. The molecule has 0 saturated heterocycles. The lowest BCUT2D eigenvalue weighted by Crippen LogP contribution is -2.39. The maximum absolute atomic E-state index is 12.7. The van der Waals surface area contributed by atoms with Crippen molar-refractivity contribution in [2.24, 2.45) is 5.92 Å². The maximum Gasteiger partial charge on any atom is 0.274 e. The van der Waals surface area contributed by atoms with Crippen molar-refractivity contribution in [2.75, 3.05) is 11.9 Å². The lowest BCUT2D eigenvalue weighted by molar-refractivity contribution is 0.0901. The second-order valence-corrected chi connectivity index (χ2v) is 8.20. The molecule has 0 spiro atoms. The number of benzene rings is 1. The highest BCUT2D eigenvalue weighted by Crippen LogP contribution is 2.27. The number of aromatic nitrogens is 2. The van der Waals surface area contributed by atoms with Crippen LogP contribution < -0.4 is 10.6 Å². The average Bonchev–Trinajstić information content (AvgIpc) is 3.24. The van der Waals surface area contributed by atoms with Gasteiger partial charge in [0.15, 0.2) is 0 Å². The molecule has 0 aliphatic heterocycles. The molecule has 1 aliphatic carbocycles. The summed E-state index contributed by atoms with van der Waals surface area (Å²) in [5, 5.41) is 15.5. The standard InChI is InChI=1S/C24H28N4O3/c29-16-20(13-17-7-2-1-3-8-17)27-23(30)18-9-6-10-19(14-18)26-24(31)21-15-25-22-11-4-5-12-28(21)22/h4-6,9-12,14-15,17,20,29H,1-3,7-8,13,16H2,(H,26,31)(H,27,30). The van der Waals surface area contributed by atoms with Crippen LogP contribution in [0.15, 0.2) is 54.9 Å². The third-order valence-corrected chi connectivity index (χ3v) is 5.93. The molecule has 2 aromatic heterocycles. The van der Waals surface area contributed by atoms with Crippen LogP contribution in [0.4, 0.5) is 5.69 Å². The van der Waals surface area contributed by atoms with E-state index < -0.39 is 0 Å². The van der Waals surface area contributed by atoms with Crippen LogP contribution in [0.5, 0.6) is 0 Å². The maximum atomic E-state index is 12.7. The van der Waals surface area contributed by atoms with E-state index in [0.717, 1.165) is 19.3 Å². The Bertz CT molecular complexity index is 1060. The van der Waals surface area contributed by atoms with Crippen molar-refractivity contribution in [1.29, 1.82) is 0 Å². The van der Waals surface area contributed by atoms with Gasteiger partial charge in [-0.3, -0.25) is 14.0 Å². The molecular weight excluding hydrogens is 392 g/mol. The number of nitrogens with zero attached hydrogens (tertiary/aromatic N) is 2. The number of rotatable bonds is 7. The largest absolute Gasteiger partial charge is 0.394 e. The van der Waals surface area contributed by atoms with Crippen molar-refractivity contribution in [2.45, 2.75) is 44.6 Å². The first-order valence-corrected chi connectivity index (χ1v) is 10.9. The van der Waals surface area contributed by atoms with Gasteiger partial charge in [-0.15, -0.1) is 0 Å². The van der Waals surface area contributed by atoms with Gasteiger partial charge in [0.25, 0.3) is 11.8 Å². The number of nitrogens with one attached hydrogen (secondary N) is 2. The van der Waals surface area contributed by atoms with Crippen LogP contribution in [0.3, 0.4) is 0 Å². The first kappa shape index (κ1) is 21.1. The van der Waals surface area contributed by atoms with Gasteiger partial charge in [-0.2, -0.15) is 0 Å². The van der Waals surface area contributed by atoms with E-state index in [0.29, 0.717) is 28.5 Å². The Kier molecular flexibility index (Phi) is 6.62. The summed E-state index contributed by atoms with van der Waals surface area (Å²) in [6, 6.07) is 12.1. The second-order valence-electron chi connectivity index (χ2n) is 8.20. The minimum Gasteiger partial charge on any atom is -0.394 e. The topological polar surface area (TPSA) is 95.7 Å². The van der Waals surface area contributed by atoms with Gasteiger partial charge in [-0.25, -0.2) is 4.98 Å². The zero-order valence-electron chi connectivity index (χ0n) is 17.5. The zero-order valence-corrected chi connectivity index (χ0v) is 17.5. The molecule has 1 unspecified atom stereocenters. The molecule has 4 rings (SSSR count). The van der Waals surface area contributed by atoms with E-state index in [4.69, 9.17) is 0 Å².